The fourth-order valence-electron chi connectivity index (χ4n) is 4.08. The van der Waals surface area contributed by atoms with Crippen molar-refractivity contribution < 1.29 is 13.2 Å². The van der Waals surface area contributed by atoms with Crippen LogP contribution in [0, 0.1) is 0 Å². The lowest BCUT2D eigenvalue weighted by Crippen LogP contribution is -2.48. The van der Waals surface area contributed by atoms with Crippen LogP contribution in [-0.2, 0) is 27.7 Å². The molecule has 2 aromatic carbocycles. The number of halogens is 1. The van der Waals surface area contributed by atoms with Gasteiger partial charge in [-0.2, -0.15) is 0 Å². The number of carbonyl (C=O) groups excluding carboxylic acids is 1. The Labute approximate surface area is 184 Å². The zero-order chi connectivity index (χ0) is 21.9. The van der Waals surface area contributed by atoms with Gasteiger partial charge in [0.25, 0.3) is 0 Å². The molecule has 2 unspecified atom stereocenters. The topological polar surface area (TPSA) is 66.5 Å². The number of rotatable bonds is 7. The summed E-state index contributed by atoms with van der Waals surface area (Å²) in [5, 5.41) is 3.55. The van der Waals surface area contributed by atoms with E-state index in [-0.39, 0.29) is 11.9 Å². The molecule has 0 bridgehead atoms. The average molecular weight is 449 g/mol. The minimum atomic E-state index is -3.66. The maximum atomic E-state index is 13.1. The van der Waals surface area contributed by atoms with Crippen molar-refractivity contribution in [2.75, 3.05) is 10.6 Å². The molecule has 0 saturated heterocycles. The Morgan fingerprint density at radius 1 is 1.10 bits per heavy atom. The summed E-state index contributed by atoms with van der Waals surface area (Å²) in [7, 11) is -3.66. The highest BCUT2D eigenvalue weighted by Crippen LogP contribution is 2.27. The molecular weight excluding hydrogens is 420 g/mol. The molecule has 0 aromatic heterocycles. The second-order valence-corrected chi connectivity index (χ2v) is 10.2. The van der Waals surface area contributed by atoms with E-state index in [9.17, 15) is 13.2 Å². The van der Waals surface area contributed by atoms with Gasteiger partial charge in [0.2, 0.25) is 15.9 Å². The van der Waals surface area contributed by atoms with Gasteiger partial charge in [-0.25, -0.2) is 8.42 Å². The Kier molecular flexibility index (Phi) is 7.09. The third-order valence-corrected chi connectivity index (χ3v) is 7.16. The second-order valence-electron chi connectivity index (χ2n) is 7.92. The monoisotopic (exact) mass is 448 g/mol. The second kappa shape index (κ2) is 9.40. The Bertz CT molecular complexity index is 1010. The van der Waals surface area contributed by atoms with Gasteiger partial charge in [-0.05, 0) is 80.0 Å². The average Bonchev–Trinajstić information content (AvgIpc) is 2.72. The van der Waals surface area contributed by atoms with Crippen molar-refractivity contribution in [1.82, 2.24) is 5.32 Å². The van der Waals surface area contributed by atoms with Gasteiger partial charge >= 0.3 is 0 Å². The minimum absolute atomic E-state index is 0.168. The Morgan fingerprint density at radius 2 is 1.73 bits per heavy atom. The summed E-state index contributed by atoms with van der Waals surface area (Å²) in [6, 6.07) is 11.8. The molecule has 0 saturated carbocycles. The molecule has 3 rings (SSSR count). The first kappa shape index (κ1) is 22.6. The summed E-state index contributed by atoms with van der Waals surface area (Å²) in [5.41, 5.74) is 4.23. The van der Waals surface area contributed by atoms with E-state index < -0.39 is 16.1 Å². The predicted octanol–water partition coefficient (Wildman–Crippen LogP) is 4.64. The van der Waals surface area contributed by atoms with Crippen LogP contribution < -0.4 is 9.62 Å². The fraction of sp³-hybridized carbons (Fsp3) is 0.435. The summed E-state index contributed by atoms with van der Waals surface area (Å²) in [5.74, 6) is -0.333. The van der Waals surface area contributed by atoms with E-state index in [0.717, 1.165) is 35.4 Å². The van der Waals surface area contributed by atoms with Gasteiger partial charge in [0, 0.05) is 5.02 Å². The number of fused-ring (bicyclic) bond motifs is 1. The van der Waals surface area contributed by atoms with Gasteiger partial charge in [0.1, 0.15) is 6.04 Å². The highest BCUT2D eigenvalue weighted by Gasteiger charge is 2.30. The Balaban J connectivity index is 1.82. The lowest BCUT2D eigenvalue weighted by molar-refractivity contribution is -0.122. The minimum Gasteiger partial charge on any atom is -0.347 e. The van der Waals surface area contributed by atoms with Crippen molar-refractivity contribution in [1.29, 1.82) is 0 Å². The number of nitrogens with zero attached hydrogens (tertiary/aromatic N) is 1. The number of hydrogen-bond acceptors (Lipinski definition) is 3. The molecule has 1 aliphatic carbocycles. The van der Waals surface area contributed by atoms with Gasteiger partial charge in [0.05, 0.1) is 18.0 Å². The first-order valence-corrected chi connectivity index (χ1v) is 12.6. The van der Waals surface area contributed by atoms with Crippen LogP contribution in [0.5, 0.6) is 0 Å². The number of carbonyl (C=O) groups is 1. The standard InChI is InChI=1S/C23H29ClN2O3S/c1-4-22(19-10-9-17-7-5-6-8-18(17)15-19)25-23(27)16(2)26(30(3,28)29)21-13-11-20(24)12-14-21/h9-16,22H,4-8H2,1-3H3,(H,25,27). The van der Waals surface area contributed by atoms with E-state index in [1.54, 1.807) is 31.2 Å². The van der Waals surface area contributed by atoms with Crippen molar-refractivity contribution in [3.8, 4) is 0 Å². The van der Waals surface area contributed by atoms with E-state index in [1.165, 1.54) is 24.0 Å². The van der Waals surface area contributed by atoms with E-state index in [0.29, 0.717) is 10.7 Å². The smallest absolute Gasteiger partial charge is 0.244 e. The number of aryl methyl sites for hydroxylation is 2. The number of hydrogen-bond donors (Lipinski definition) is 1. The Hall–Kier alpha value is -2.05. The van der Waals surface area contributed by atoms with Gasteiger partial charge in [0.15, 0.2) is 0 Å². The largest absolute Gasteiger partial charge is 0.347 e. The molecule has 162 valence electrons. The molecule has 2 atom stereocenters. The number of anilines is 1. The van der Waals surface area contributed by atoms with Gasteiger partial charge in [-0.3, -0.25) is 9.10 Å². The Morgan fingerprint density at radius 3 is 2.33 bits per heavy atom. The molecule has 0 aliphatic heterocycles. The van der Waals surface area contributed by atoms with Crippen LogP contribution >= 0.6 is 11.6 Å². The summed E-state index contributed by atoms with van der Waals surface area (Å²) in [6.07, 6.45) is 6.43. The summed E-state index contributed by atoms with van der Waals surface area (Å²) in [4.78, 5) is 13.1. The van der Waals surface area contributed by atoms with Crippen LogP contribution in [-0.4, -0.2) is 26.6 Å². The third-order valence-electron chi connectivity index (χ3n) is 5.67. The molecule has 1 amide bonds. The van der Waals surface area contributed by atoms with Crippen LogP contribution in [0.2, 0.25) is 5.02 Å². The molecule has 0 radical (unpaired) electrons. The van der Waals surface area contributed by atoms with E-state index in [4.69, 9.17) is 11.6 Å². The van der Waals surface area contributed by atoms with E-state index in [1.807, 2.05) is 6.92 Å². The van der Waals surface area contributed by atoms with Crippen LogP contribution in [0.15, 0.2) is 42.5 Å². The number of sulfonamides is 1. The highest BCUT2D eigenvalue weighted by atomic mass is 35.5. The zero-order valence-electron chi connectivity index (χ0n) is 17.7. The number of amides is 1. The first-order valence-electron chi connectivity index (χ1n) is 10.4. The van der Waals surface area contributed by atoms with Crippen molar-refractivity contribution >= 4 is 33.2 Å². The van der Waals surface area contributed by atoms with Crippen molar-refractivity contribution in [3.05, 3.63) is 64.2 Å². The number of nitrogens with one attached hydrogen (secondary N) is 1. The van der Waals surface area contributed by atoms with E-state index >= 15 is 0 Å². The third kappa shape index (κ3) is 5.16. The summed E-state index contributed by atoms with van der Waals surface area (Å²) >= 11 is 5.93. The predicted molar refractivity (Wildman–Crippen MR) is 122 cm³/mol. The highest BCUT2D eigenvalue weighted by molar-refractivity contribution is 7.92. The lowest BCUT2D eigenvalue weighted by atomic mass is 9.88. The molecular formula is C23H29ClN2O3S. The lowest BCUT2D eigenvalue weighted by Gasteiger charge is -2.30. The molecule has 0 spiro atoms. The van der Waals surface area contributed by atoms with Crippen LogP contribution in [0.3, 0.4) is 0 Å². The quantitative estimate of drug-likeness (QED) is 0.670. The normalized spacial score (nSPS) is 15.7. The molecule has 1 N–H and O–H groups in total. The molecule has 7 heteroatoms. The van der Waals surface area contributed by atoms with Gasteiger partial charge in [-0.1, -0.05) is 36.7 Å². The van der Waals surface area contributed by atoms with Crippen LogP contribution in [0.25, 0.3) is 0 Å². The molecule has 1 aliphatic rings. The van der Waals surface area contributed by atoms with Crippen molar-refractivity contribution in [3.63, 3.8) is 0 Å². The van der Waals surface area contributed by atoms with Crippen molar-refractivity contribution in [2.24, 2.45) is 0 Å². The van der Waals surface area contributed by atoms with Crippen molar-refractivity contribution in [2.45, 2.75) is 58.0 Å². The molecule has 2 aromatic rings. The fourth-order valence-corrected chi connectivity index (χ4v) is 5.38. The SMILES string of the molecule is CCC(NC(=O)C(C)N(c1ccc(Cl)cc1)S(C)(=O)=O)c1ccc2c(c1)CCCC2. The first-order chi connectivity index (χ1) is 14.2. The molecule has 30 heavy (non-hydrogen) atoms. The zero-order valence-corrected chi connectivity index (χ0v) is 19.3. The molecule has 5 nitrogen and oxygen atoms in total. The van der Waals surface area contributed by atoms with Crippen LogP contribution in [0.1, 0.15) is 55.8 Å². The molecule has 0 heterocycles. The van der Waals surface area contributed by atoms with Gasteiger partial charge < -0.3 is 5.32 Å². The molecule has 0 fully saturated rings. The number of benzene rings is 2. The van der Waals surface area contributed by atoms with Crippen LogP contribution in [0.4, 0.5) is 5.69 Å². The van der Waals surface area contributed by atoms with Gasteiger partial charge in [-0.15, -0.1) is 0 Å². The van der Waals surface area contributed by atoms with E-state index in [2.05, 4.69) is 23.5 Å². The maximum absolute atomic E-state index is 13.1. The maximum Gasteiger partial charge on any atom is 0.244 e. The summed E-state index contributed by atoms with van der Waals surface area (Å²) in [6.45, 7) is 3.62. The summed E-state index contributed by atoms with van der Waals surface area (Å²) < 4.78 is 26.1.